The first-order chi connectivity index (χ1) is 6.11. The number of fused-ring (bicyclic) bond motifs is 1. The van der Waals surface area contributed by atoms with Crippen LogP contribution in [-0.2, 0) is 7.05 Å². The number of anilines is 1. The van der Waals surface area contributed by atoms with Crippen molar-refractivity contribution < 1.29 is 17.4 Å². The molecule has 0 unspecified atom stereocenters. The van der Waals surface area contributed by atoms with Crippen LogP contribution in [0.4, 0.5) is 5.82 Å². The summed E-state index contributed by atoms with van der Waals surface area (Å²) in [6, 6.07) is 0. The minimum absolute atomic E-state index is 0. The molecule has 0 spiro atoms. The largest absolute Gasteiger partial charge is 1.00 e. The van der Waals surface area contributed by atoms with E-state index in [1.165, 1.54) is 0 Å². The zero-order chi connectivity index (χ0) is 9.59. The number of hydrogen-bond acceptors (Lipinski definition) is 3. The van der Waals surface area contributed by atoms with Crippen LogP contribution in [0.15, 0.2) is 4.79 Å². The highest BCUT2D eigenvalue weighted by Gasteiger charge is 2.24. The van der Waals surface area contributed by atoms with Gasteiger partial charge in [0.05, 0.1) is 0 Å². The average Bonchev–Trinajstić information content (AvgIpc) is 2.38. The number of hydrogen-bond donors (Lipinski definition) is 3. The molecule has 1 aliphatic heterocycles. The monoisotopic (exact) mass is 217 g/mol. The zero-order valence-electron chi connectivity index (χ0n) is 7.97. The maximum Gasteiger partial charge on any atom is 0.327 e. The van der Waals surface area contributed by atoms with E-state index in [0.717, 1.165) is 5.82 Å². The summed E-state index contributed by atoms with van der Waals surface area (Å²) in [5.41, 5.74) is 6.20. The summed E-state index contributed by atoms with van der Waals surface area (Å²) >= 11 is 0. The molecule has 0 aliphatic carbocycles. The van der Waals surface area contributed by atoms with Gasteiger partial charge in [0.25, 0.3) is 5.84 Å². The molecule has 2 heterocycles. The Morgan fingerprint density at radius 1 is 1.50 bits per heavy atom. The number of imidazole rings is 1. The Morgan fingerprint density at radius 3 is 2.71 bits per heavy atom. The van der Waals surface area contributed by atoms with Crippen LogP contribution in [0.25, 0.3) is 0 Å². The molecule has 0 radical (unpaired) electrons. The second-order valence-corrected chi connectivity index (χ2v) is 3.13. The van der Waals surface area contributed by atoms with Crippen molar-refractivity contribution in [1.29, 1.82) is 0 Å². The number of halogens is 1. The fourth-order valence-electron chi connectivity index (χ4n) is 1.51. The van der Waals surface area contributed by atoms with Gasteiger partial charge in [0.1, 0.15) is 5.82 Å². The normalized spacial score (nSPS) is 14.4. The number of amidine groups is 1. The van der Waals surface area contributed by atoms with E-state index in [1.807, 2.05) is 11.9 Å². The van der Waals surface area contributed by atoms with Gasteiger partial charge in [0, 0.05) is 14.1 Å². The zero-order valence-corrected chi connectivity index (χ0v) is 8.72. The minimum atomic E-state index is -0.150. The van der Waals surface area contributed by atoms with Crippen molar-refractivity contribution in [1.82, 2.24) is 9.55 Å². The first-order valence-electron chi connectivity index (χ1n) is 3.98. The highest BCUT2D eigenvalue weighted by atomic mass is 35.5. The van der Waals surface area contributed by atoms with Crippen molar-refractivity contribution >= 4 is 11.7 Å². The standard InChI is InChI=1S/C7H11N5O.ClH/c1-11-3-9-5(8)4-6(11)12(2)7(13)10-4;/h3H2,1-2H3,(H2,8,9)(H,10,13);1H. The van der Waals surface area contributed by atoms with Gasteiger partial charge in [-0.3, -0.25) is 20.3 Å². The number of nitrogens with one attached hydrogen (secondary N) is 2. The molecule has 1 aliphatic rings. The Morgan fingerprint density at radius 2 is 2.14 bits per heavy atom. The van der Waals surface area contributed by atoms with Gasteiger partial charge >= 0.3 is 5.69 Å². The molecule has 1 aromatic rings. The van der Waals surface area contributed by atoms with E-state index in [4.69, 9.17) is 5.73 Å². The van der Waals surface area contributed by atoms with Crippen LogP contribution in [0.2, 0.25) is 0 Å². The van der Waals surface area contributed by atoms with Crippen molar-refractivity contribution in [2.75, 3.05) is 18.6 Å². The predicted molar refractivity (Wildman–Crippen MR) is 48.6 cm³/mol. The van der Waals surface area contributed by atoms with Crippen molar-refractivity contribution in [2.45, 2.75) is 0 Å². The van der Waals surface area contributed by atoms with Gasteiger partial charge in [-0.25, -0.2) is 4.79 Å². The third kappa shape index (κ3) is 1.27. The summed E-state index contributed by atoms with van der Waals surface area (Å²) in [5, 5.41) is 0. The molecule has 1 aromatic heterocycles. The Labute approximate surface area is 86.8 Å². The Hall–Kier alpha value is -1.43. The van der Waals surface area contributed by atoms with Crippen LogP contribution < -0.4 is 33.7 Å². The van der Waals surface area contributed by atoms with E-state index < -0.39 is 0 Å². The lowest BCUT2D eigenvalue weighted by Crippen LogP contribution is -3.00. The van der Waals surface area contributed by atoms with Gasteiger partial charge in [-0.2, -0.15) is 0 Å². The fraction of sp³-hybridized carbons (Fsp3) is 0.429. The second-order valence-electron chi connectivity index (χ2n) is 3.13. The second kappa shape index (κ2) is 3.38. The molecule has 6 nitrogen and oxygen atoms in total. The van der Waals surface area contributed by atoms with Crippen LogP contribution in [0.5, 0.6) is 0 Å². The van der Waals surface area contributed by atoms with E-state index in [1.54, 1.807) is 11.6 Å². The first-order valence-corrected chi connectivity index (χ1v) is 3.98. The first kappa shape index (κ1) is 10.6. The molecule has 2 rings (SSSR count). The van der Waals surface area contributed by atoms with E-state index in [2.05, 4.69) is 9.98 Å². The van der Waals surface area contributed by atoms with Crippen molar-refractivity contribution in [3.05, 3.63) is 16.2 Å². The van der Waals surface area contributed by atoms with Gasteiger partial charge in [-0.05, 0) is 0 Å². The third-order valence-electron chi connectivity index (χ3n) is 2.22. The van der Waals surface area contributed by atoms with Gasteiger partial charge in [-0.15, -0.1) is 0 Å². The van der Waals surface area contributed by atoms with E-state index in [-0.39, 0.29) is 18.1 Å². The number of rotatable bonds is 0. The third-order valence-corrected chi connectivity index (χ3v) is 2.22. The fourth-order valence-corrected chi connectivity index (χ4v) is 1.51. The lowest BCUT2D eigenvalue weighted by atomic mass is 10.3. The molecule has 0 atom stereocenters. The number of H-pyrrole nitrogens is 1. The Kier molecular flexibility index (Phi) is 2.57. The molecule has 14 heavy (non-hydrogen) atoms. The highest BCUT2D eigenvalue weighted by molar-refractivity contribution is 5.96. The predicted octanol–water partition coefficient (Wildman–Crippen LogP) is -6.09. The molecule has 78 valence electrons. The number of nitrogen functional groups attached to an aromatic ring is 1. The highest BCUT2D eigenvalue weighted by Crippen LogP contribution is 2.13. The SMILES string of the molecule is CN1C[NH+]=C(N)c2[nH]c(=O)n(C)c21.[Cl-]. The summed E-state index contributed by atoms with van der Waals surface area (Å²) in [4.78, 5) is 18.9. The summed E-state index contributed by atoms with van der Waals surface area (Å²) in [5.74, 6) is 1.34. The van der Waals surface area contributed by atoms with Gasteiger partial charge in [-0.1, -0.05) is 0 Å². The van der Waals surface area contributed by atoms with Crippen LogP contribution >= 0.6 is 0 Å². The lowest BCUT2D eigenvalue weighted by molar-refractivity contribution is -0.457. The number of nitrogens with zero attached hydrogens (tertiary/aromatic N) is 2. The molecule has 4 N–H and O–H groups in total. The summed E-state index contributed by atoms with van der Waals surface area (Å²) in [7, 11) is 3.61. The van der Waals surface area contributed by atoms with Crippen molar-refractivity contribution in [3.63, 3.8) is 0 Å². The lowest BCUT2D eigenvalue weighted by Gasteiger charge is -2.19. The molecule has 0 fully saturated rings. The number of aromatic nitrogens is 2. The maximum atomic E-state index is 11.3. The van der Waals surface area contributed by atoms with E-state index in [0.29, 0.717) is 18.2 Å². The number of nitrogens with two attached hydrogens (primary N) is 1. The summed E-state index contributed by atoms with van der Waals surface area (Å²) in [6.45, 7) is 0.615. The van der Waals surface area contributed by atoms with Gasteiger partial charge in [0.15, 0.2) is 12.4 Å². The Balaban J connectivity index is 0.000000980. The topological polar surface area (TPSA) is 81.0 Å². The molecule has 0 aromatic carbocycles. The van der Waals surface area contributed by atoms with Crippen molar-refractivity contribution in [3.8, 4) is 0 Å². The molecule has 0 saturated carbocycles. The average molecular weight is 218 g/mol. The van der Waals surface area contributed by atoms with Gasteiger partial charge in [0.2, 0.25) is 0 Å². The van der Waals surface area contributed by atoms with E-state index in [9.17, 15) is 4.79 Å². The molecule has 0 bridgehead atoms. The molecular weight excluding hydrogens is 206 g/mol. The van der Waals surface area contributed by atoms with Gasteiger partial charge < -0.3 is 17.3 Å². The smallest absolute Gasteiger partial charge is 0.327 e. The molecule has 7 heteroatoms. The quantitative estimate of drug-likeness (QED) is 0.405. The van der Waals surface area contributed by atoms with Crippen molar-refractivity contribution in [2.24, 2.45) is 12.8 Å². The number of aromatic amines is 1. The molecular formula is C7H12ClN5O. The summed E-state index contributed by atoms with van der Waals surface area (Å²) < 4.78 is 1.54. The minimum Gasteiger partial charge on any atom is -1.00 e. The van der Waals surface area contributed by atoms with Crippen LogP contribution in [0.3, 0.4) is 0 Å². The van der Waals surface area contributed by atoms with Crippen LogP contribution in [0.1, 0.15) is 5.69 Å². The molecule has 0 saturated heterocycles. The molecule has 0 amide bonds. The van der Waals surface area contributed by atoms with Crippen LogP contribution in [-0.4, -0.2) is 29.1 Å². The Bertz CT molecular complexity index is 432. The summed E-state index contributed by atoms with van der Waals surface area (Å²) in [6.07, 6.45) is 0. The van der Waals surface area contributed by atoms with E-state index >= 15 is 0 Å². The van der Waals surface area contributed by atoms with Crippen LogP contribution in [0, 0.1) is 0 Å². The maximum absolute atomic E-state index is 11.3.